The average Bonchev–Trinajstić information content (AvgIpc) is 3.92. The van der Waals surface area contributed by atoms with Gasteiger partial charge in [-0.05, 0) is 125 Å². The summed E-state index contributed by atoms with van der Waals surface area (Å²) in [6.07, 6.45) is 17.8. The first-order valence-corrected chi connectivity index (χ1v) is 17.2. The topological polar surface area (TPSA) is 68.3 Å². The summed E-state index contributed by atoms with van der Waals surface area (Å²) < 4.78 is 15.0. The SMILES string of the molecule is C1CCN(C2CCC2)CC1.C1CCN(CC2CC2)CC1.COc1ccc(C=O)c(OC)c1.COc1ccc2cc(C=O)ccc2c1. The van der Waals surface area contributed by atoms with Gasteiger partial charge in [0.05, 0.1) is 26.9 Å². The Morgan fingerprint density at radius 3 is 1.80 bits per heavy atom. The highest BCUT2D eigenvalue weighted by atomic mass is 16.5. The maximum atomic E-state index is 10.5. The number of piperidine rings is 2. The van der Waals surface area contributed by atoms with Crippen LogP contribution < -0.4 is 14.2 Å². The van der Waals surface area contributed by atoms with Gasteiger partial charge in [0.1, 0.15) is 23.5 Å². The number of nitrogens with zero attached hydrogens (tertiary/aromatic N) is 2. The zero-order valence-corrected chi connectivity index (χ0v) is 28.3. The lowest BCUT2D eigenvalue weighted by Gasteiger charge is -2.39. The molecule has 2 aliphatic heterocycles. The van der Waals surface area contributed by atoms with Gasteiger partial charge in [0.15, 0.2) is 6.29 Å². The first kappa shape index (κ1) is 35.4. The Labute approximate surface area is 276 Å². The van der Waals surface area contributed by atoms with E-state index >= 15 is 0 Å². The average molecular weight is 631 g/mol. The molecule has 250 valence electrons. The molecule has 0 aromatic heterocycles. The third-order valence-corrected chi connectivity index (χ3v) is 9.42. The quantitative estimate of drug-likeness (QED) is 0.233. The van der Waals surface area contributed by atoms with Crippen LogP contribution in [0.4, 0.5) is 0 Å². The molecule has 0 N–H and O–H groups in total. The summed E-state index contributed by atoms with van der Waals surface area (Å²) in [6, 6.07) is 17.4. The molecule has 2 saturated carbocycles. The predicted molar refractivity (Wildman–Crippen MR) is 187 cm³/mol. The Balaban J connectivity index is 0.000000140. The Morgan fingerprint density at radius 1 is 0.630 bits per heavy atom. The highest BCUT2D eigenvalue weighted by Crippen LogP contribution is 2.30. The molecule has 4 aliphatic rings. The smallest absolute Gasteiger partial charge is 0.153 e. The largest absolute Gasteiger partial charge is 0.497 e. The Kier molecular flexibility index (Phi) is 14.9. The molecule has 7 heteroatoms. The van der Waals surface area contributed by atoms with Gasteiger partial charge in [-0.25, -0.2) is 0 Å². The van der Waals surface area contributed by atoms with E-state index in [1.165, 1.54) is 110 Å². The Hall–Kier alpha value is -3.42. The van der Waals surface area contributed by atoms with Crippen LogP contribution in [0.25, 0.3) is 10.8 Å². The molecule has 7 rings (SSSR count). The van der Waals surface area contributed by atoms with Crippen molar-refractivity contribution in [3.05, 3.63) is 65.7 Å². The van der Waals surface area contributed by atoms with Gasteiger partial charge in [0, 0.05) is 24.2 Å². The maximum Gasteiger partial charge on any atom is 0.153 e. The second kappa shape index (κ2) is 19.3. The molecular formula is C39H54N2O5. The van der Waals surface area contributed by atoms with Crippen LogP contribution >= 0.6 is 0 Å². The summed E-state index contributed by atoms with van der Waals surface area (Å²) in [7, 11) is 4.72. The van der Waals surface area contributed by atoms with Gasteiger partial charge in [-0.3, -0.25) is 9.59 Å². The number of hydrogen-bond acceptors (Lipinski definition) is 7. The molecule has 0 unspecified atom stereocenters. The van der Waals surface area contributed by atoms with E-state index in [-0.39, 0.29) is 0 Å². The highest BCUT2D eigenvalue weighted by Gasteiger charge is 2.25. The molecule has 0 atom stereocenters. The third-order valence-electron chi connectivity index (χ3n) is 9.42. The van der Waals surface area contributed by atoms with Crippen molar-refractivity contribution in [3.63, 3.8) is 0 Å². The van der Waals surface area contributed by atoms with Gasteiger partial charge in [-0.15, -0.1) is 0 Å². The van der Waals surface area contributed by atoms with Crippen molar-refractivity contribution in [1.82, 2.24) is 9.80 Å². The lowest BCUT2D eigenvalue weighted by Crippen LogP contribution is -2.42. The normalized spacial score (nSPS) is 18.2. The van der Waals surface area contributed by atoms with Crippen LogP contribution in [-0.4, -0.2) is 82.5 Å². The van der Waals surface area contributed by atoms with Gasteiger partial charge in [0.25, 0.3) is 0 Å². The Bertz CT molecular complexity index is 1340. The number of ether oxygens (including phenoxy) is 3. The number of methoxy groups -OCH3 is 3. The minimum absolute atomic E-state index is 0.526. The summed E-state index contributed by atoms with van der Waals surface area (Å²) in [6.45, 7) is 6.97. The van der Waals surface area contributed by atoms with Gasteiger partial charge >= 0.3 is 0 Å². The number of likely N-dealkylation sites (tertiary alicyclic amines) is 2. The van der Waals surface area contributed by atoms with Crippen LogP contribution in [0.2, 0.25) is 0 Å². The fraction of sp³-hybridized carbons (Fsp3) is 0.538. The highest BCUT2D eigenvalue weighted by molar-refractivity contribution is 5.89. The summed E-state index contributed by atoms with van der Waals surface area (Å²) in [5.41, 5.74) is 1.22. The van der Waals surface area contributed by atoms with Crippen molar-refractivity contribution in [2.24, 2.45) is 5.92 Å². The first-order valence-electron chi connectivity index (χ1n) is 17.2. The van der Waals surface area contributed by atoms with Crippen LogP contribution in [-0.2, 0) is 0 Å². The molecule has 46 heavy (non-hydrogen) atoms. The van der Waals surface area contributed by atoms with Crippen molar-refractivity contribution in [2.75, 3.05) is 54.1 Å². The van der Waals surface area contributed by atoms with Gasteiger partial charge in [0.2, 0.25) is 0 Å². The summed E-state index contributed by atoms with van der Waals surface area (Å²) in [5.74, 6) is 3.14. The van der Waals surface area contributed by atoms with E-state index < -0.39 is 0 Å². The van der Waals surface area contributed by atoms with Gasteiger partial charge < -0.3 is 24.0 Å². The molecule has 0 radical (unpaired) electrons. The van der Waals surface area contributed by atoms with Crippen molar-refractivity contribution in [1.29, 1.82) is 0 Å². The minimum atomic E-state index is 0.526. The van der Waals surface area contributed by atoms with E-state index in [9.17, 15) is 9.59 Å². The van der Waals surface area contributed by atoms with Crippen LogP contribution in [0.1, 0.15) is 91.3 Å². The third kappa shape index (κ3) is 11.4. The monoisotopic (exact) mass is 630 g/mol. The van der Waals surface area contributed by atoms with E-state index in [4.69, 9.17) is 14.2 Å². The molecule has 4 fully saturated rings. The summed E-state index contributed by atoms with van der Waals surface area (Å²) in [4.78, 5) is 26.4. The van der Waals surface area contributed by atoms with Crippen molar-refractivity contribution in [3.8, 4) is 17.2 Å². The number of fused-ring (bicyclic) bond motifs is 1. The van der Waals surface area contributed by atoms with Crippen molar-refractivity contribution in [2.45, 2.75) is 76.7 Å². The van der Waals surface area contributed by atoms with Gasteiger partial charge in [-0.1, -0.05) is 37.5 Å². The van der Waals surface area contributed by atoms with E-state index in [2.05, 4.69) is 9.80 Å². The lowest BCUT2D eigenvalue weighted by atomic mass is 9.90. The fourth-order valence-corrected chi connectivity index (χ4v) is 6.20. The van der Waals surface area contributed by atoms with Crippen LogP contribution in [0, 0.1) is 5.92 Å². The maximum absolute atomic E-state index is 10.5. The lowest BCUT2D eigenvalue weighted by molar-refractivity contribution is 0.105. The number of hydrogen-bond donors (Lipinski definition) is 0. The fourth-order valence-electron chi connectivity index (χ4n) is 6.20. The van der Waals surface area contributed by atoms with Crippen LogP contribution in [0.5, 0.6) is 17.2 Å². The zero-order chi connectivity index (χ0) is 32.6. The molecule has 3 aromatic rings. The molecule has 0 amide bonds. The molecule has 0 spiro atoms. The molecule has 2 saturated heterocycles. The standard InChI is InChI=1S/C12H10O2.2C9H17N.C9H10O3/c1-14-12-5-4-10-6-9(8-13)2-3-11(10)7-12;1-2-7-10(8-3-1)9-5-4-6-9;1-2-6-10(7-3-1)8-9-4-5-9;1-11-8-4-3-7(6-10)9(5-8)12-2/h2-8H,1H3;2*9H,1-8H2;3-6H,1-2H3. The molecule has 0 bridgehead atoms. The number of carbonyl (C=O) groups is 2. The molecular weight excluding hydrogens is 576 g/mol. The number of carbonyl (C=O) groups excluding carboxylic acids is 2. The number of aldehydes is 2. The predicted octanol–water partition coefficient (Wildman–Crippen LogP) is 8.08. The second-order valence-electron chi connectivity index (χ2n) is 12.8. The molecule has 2 aliphatic carbocycles. The van der Waals surface area contributed by atoms with E-state index in [1.54, 1.807) is 38.5 Å². The van der Waals surface area contributed by atoms with Crippen molar-refractivity contribution < 1.29 is 23.8 Å². The van der Waals surface area contributed by atoms with Crippen molar-refractivity contribution >= 4 is 23.3 Å². The summed E-state index contributed by atoms with van der Waals surface area (Å²) in [5, 5.41) is 2.13. The summed E-state index contributed by atoms with van der Waals surface area (Å²) >= 11 is 0. The molecule has 2 heterocycles. The zero-order valence-electron chi connectivity index (χ0n) is 28.3. The van der Waals surface area contributed by atoms with E-state index in [0.29, 0.717) is 22.6 Å². The van der Waals surface area contributed by atoms with E-state index in [1.807, 2.05) is 30.3 Å². The Morgan fingerprint density at radius 2 is 1.24 bits per heavy atom. The van der Waals surface area contributed by atoms with Crippen LogP contribution in [0.15, 0.2) is 54.6 Å². The number of benzene rings is 3. The van der Waals surface area contributed by atoms with E-state index in [0.717, 1.165) is 41.1 Å². The molecule has 7 nitrogen and oxygen atoms in total. The van der Waals surface area contributed by atoms with Crippen LogP contribution in [0.3, 0.4) is 0 Å². The minimum Gasteiger partial charge on any atom is -0.497 e. The molecule has 3 aromatic carbocycles. The number of rotatable bonds is 8. The first-order chi connectivity index (χ1) is 22.6. The van der Waals surface area contributed by atoms with Gasteiger partial charge in [-0.2, -0.15) is 0 Å². The second-order valence-corrected chi connectivity index (χ2v) is 12.8.